The van der Waals surface area contributed by atoms with Crippen LogP contribution in [-0.4, -0.2) is 28.0 Å². The summed E-state index contributed by atoms with van der Waals surface area (Å²) in [4.78, 5) is 0. The van der Waals surface area contributed by atoms with Crippen LogP contribution >= 0.6 is 11.3 Å². The smallest absolute Gasteiger partial charge is 0.205 e. The number of hydrogen-bond acceptors (Lipinski definition) is 5. The lowest BCUT2D eigenvalue weighted by molar-refractivity contribution is 0.138. The van der Waals surface area contributed by atoms with E-state index in [0.29, 0.717) is 6.54 Å². The molecule has 1 heterocycles. The fourth-order valence-corrected chi connectivity index (χ4v) is 1.13. The summed E-state index contributed by atoms with van der Waals surface area (Å²) in [5.41, 5.74) is 1.66. The number of aromatic nitrogens is 2. The van der Waals surface area contributed by atoms with Crippen molar-refractivity contribution < 1.29 is 5.11 Å². The largest absolute Gasteiger partial charge is 0.391 e. The van der Waals surface area contributed by atoms with Crippen LogP contribution in [0.4, 0.5) is 5.13 Å². The molecule has 1 rings (SSSR count). The van der Waals surface area contributed by atoms with E-state index in [2.05, 4.69) is 15.5 Å². The minimum absolute atomic E-state index is 0.269. The molecule has 0 radical (unpaired) electrons. The SMILES string of the molecule is CC(C)C(O)CNc1nncs1. The van der Waals surface area contributed by atoms with Crippen LogP contribution < -0.4 is 5.32 Å². The Morgan fingerprint density at radius 1 is 1.67 bits per heavy atom. The number of aliphatic hydroxyl groups is 1. The van der Waals surface area contributed by atoms with Crippen LogP contribution in [0.25, 0.3) is 0 Å². The minimum atomic E-state index is -0.325. The molecule has 68 valence electrons. The van der Waals surface area contributed by atoms with Crippen LogP contribution in [0, 0.1) is 5.92 Å². The summed E-state index contributed by atoms with van der Waals surface area (Å²) in [6.07, 6.45) is -0.325. The zero-order valence-corrected chi connectivity index (χ0v) is 8.01. The lowest BCUT2D eigenvalue weighted by Crippen LogP contribution is -2.24. The van der Waals surface area contributed by atoms with Gasteiger partial charge in [-0.1, -0.05) is 25.2 Å². The third-order valence-corrected chi connectivity index (χ3v) is 2.24. The summed E-state index contributed by atoms with van der Waals surface area (Å²) in [5.74, 6) is 0.269. The summed E-state index contributed by atoms with van der Waals surface area (Å²) < 4.78 is 0. The van der Waals surface area contributed by atoms with E-state index >= 15 is 0 Å². The van der Waals surface area contributed by atoms with Gasteiger partial charge in [-0.15, -0.1) is 10.2 Å². The normalized spacial score (nSPS) is 13.3. The Morgan fingerprint density at radius 2 is 2.42 bits per heavy atom. The average Bonchev–Trinajstić information content (AvgIpc) is 2.51. The molecule has 2 N–H and O–H groups in total. The van der Waals surface area contributed by atoms with E-state index < -0.39 is 0 Å². The molecule has 1 aromatic heterocycles. The molecule has 0 bridgehead atoms. The number of anilines is 1. The molecule has 1 unspecified atom stereocenters. The molecule has 0 amide bonds. The molecule has 4 nitrogen and oxygen atoms in total. The van der Waals surface area contributed by atoms with Gasteiger partial charge in [0.25, 0.3) is 0 Å². The molecule has 0 saturated heterocycles. The predicted octanol–water partition coefficient (Wildman–Crippen LogP) is 0.967. The Bertz CT molecular complexity index is 212. The number of nitrogens with zero attached hydrogens (tertiary/aromatic N) is 2. The molecule has 0 spiro atoms. The Labute approximate surface area is 75.6 Å². The van der Waals surface area contributed by atoms with Crippen LogP contribution in [0.15, 0.2) is 5.51 Å². The maximum Gasteiger partial charge on any atom is 0.205 e. The van der Waals surface area contributed by atoms with Gasteiger partial charge in [0.1, 0.15) is 5.51 Å². The van der Waals surface area contributed by atoms with Crippen LogP contribution in [0.5, 0.6) is 0 Å². The molecule has 12 heavy (non-hydrogen) atoms. The van der Waals surface area contributed by atoms with Gasteiger partial charge in [0.05, 0.1) is 6.10 Å². The topological polar surface area (TPSA) is 58.0 Å². The van der Waals surface area contributed by atoms with Gasteiger partial charge in [0.2, 0.25) is 5.13 Å². The molecule has 0 aliphatic carbocycles. The van der Waals surface area contributed by atoms with E-state index in [-0.39, 0.29) is 12.0 Å². The Hall–Kier alpha value is -0.680. The van der Waals surface area contributed by atoms with E-state index in [1.54, 1.807) is 5.51 Å². The molecule has 0 aliphatic rings. The average molecular weight is 187 g/mol. The third kappa shape index (κ3) is 2.75. The Morgan fingerprint density at radius 3 is 2.92 bits per heavy atom. The first kappa shape index (κ1) is 9.41. The molecule has 0 saturated carbocycles. The molecule has 0 fully saturated rings. The van der Waals surface area contributed by atoms with Gasteiger partial charge in [0.15, 0.2) is 0 Å². The highest BCUT2D eigenvalue weighted by molar-refractivity contribution is 7.13. The highest BCUT2D eigenvalue weighted by Gasteiger charge is 2.08. The second-order valence-corrected chi connectivity index (χ2v) is 3.77. The first-order valence-corrected chi connectivity index (χ1v) is 4.76. The molecular formula is C7H13N3OS. The maximum atomic E-state index is 9.42. The zero-order valence-electron chi connectivity index (χ0n) is 7.19. The van der Waals surface area contributed by atoms with Gasteiger partial charge < -0.3 is 10.4 Å². The molecule has 0 aliphatic heterocycles. The van der Waals surface area contributed by atoms with Crippen molar-refractivity contribution in [3.05, 3.63) is 5.51 Å². The summed E-state index contributed by atoms with van der Waals surface area (Å²) in [7, 11) is 0. The van der Waals surface area contributed by atoms with E-state index in [4.69, 9.17) is 0 Å². The van der Waals surface area contributed by atoms with Crippen molar-refractivity contribution in [2.24, 2.45) is 5.92 Å². The first-order valence-electron chi connectivity index (χ1n) is 3.88. The van der Waals surface area contributed by atoms with Gasteiger partial charge >= 0.3 is 0 Å². The summed E-state index contributed by atoms with van der Waals surface area (Å²) in [5, 5.41) is 20.6. The fourth-order valence-electron chi connectivity index (χ4n) is 0.678. The van der Waals surface area contributed by atoms with Gasteiger partial charge in [-0.05, 0) is 5.92 Å². The quantitative estimate of drug-likeness (QED) is 0.737. The zero-order chi connectivity index (χ0) is 8.97. The van der Waals surface area contributed by atoms with Crippen molar-refractivity contribution >= 4 is 16.5 Å². The van der Waals surface area contributed by atoms with E-state index in [0.717, 1.165) is 5.13 Å². The number of aliphatic hydroxyl groups excluding tert-OH is 1. The summed E-state index contributed by atoms with van der Waals surface area (Å²) >= 11 is 1.43. The Kier molecular flexibility index (Phi) is 3.43. The molecule has 1 aromatic rings. The highest BCUT2D eigenvalue weighted by Crippen LogP contribution is 2.09. The van der Waals surface area contributed by atoms with Crippen molar-refractivity contribution in [1.82, 2.24) is 10.2 Å². The van der Waals surface area contributed by atoms with E-state index in [1.807, 2.05) is 13.8 Å². The third-order valence-electron chi connectivity index (χ3n) is 1.59. The van der Waals surface area contributed by atoms with E-state index in [1.165, 1.54) is 11.3 Å². The van der Waals surface area contributed by atoms with Crippen molar-refractivity contribution in [1.29, 1.82) is 0 Å². The van der Waals surface area contributed by atoms with Gasteiger partial charge in [-0.3, -0.25) is 0 Å². The fraction of sp³-hybridized carbons (Fsp3) is 0.714. The van der Waals surface area contributed by atoms with Crippen LogP contribution in [0.1, 0.15) is 13.8 Å². The molecule has 0 aromatic carbocycles. The summed E-state index contributed by atoms with van der Waals surface area (Å²) in [6.45, 7) is 4.49. The predicted molar refractivity (Wildman–Crippen MR) is 49.2 cm³/mol. The summed E-state index contributed by atoms with van der Waals surface area (Å²) in [6, 6.07) is 0. The van der Waals surface area contributed by atoms with E-state index in [9.17, 15) is 5.11 Å². The van der Waals surface area contributed by atoms with Crippen LogP contribution in [-0.2, 0) is 0 Å². The van der Waals surface area contributed by atoms with Gasteiger partial charge in [0, 0.05) is 6.54 Å². The first-order chi connectivity index (χ1) is 5.70. The second kappa shape index (κ2) is 4.37. The van der Waals surface area contributed by atoms with Crippen LogP contribution in [0.3, 0.4) is 0 Å². The maximum absolute atomic E-state index is 9.42. The molecule has 5 heteroatoms. The minimum Gasteiger partial charge on any atom is -0.391 e. The number of nitrogens with one attached hydrogen (secondary N) is 1. The van der Waals surface area contributed by atoms with Crippen molar-refractivity contribution in [2.75, 3.05) is 11.9 Å². The molecule has 1 atom stereocenters. The number of rotatable bonds is 4. The van der Waals surface area contributed by atoms with Gasteiger partial charge in [-0.25, -0.2) is 0 Å². The Balaban J connectivity index is 2.27. The lowest BCUT2D eigenvalue weighted by Gasteiger charge is -2.13. The highest BCUT2D eigenvalue weighted by atomic mass is 32.1. The monoisotopic (exact) mass is 187 g/mol. The van der Waals surface area contributed by atoms with Crippen LogP contribution in [0.2, 0.25) is 0 Å². The molecular weight excluding hydrogens is 174 g/mol. The van der Waals surface area contributed by atoms with Crippen molar-refractivity contribution in [2.45, 2.75) is 20.0 Å². The second-order valence-electron chi connectivity index (χ2n) is 2.94. The number of hydrogen-bond donors (Lipinski definition) is 2. The standard InChI is InChI=1S/C7H13N3OS/c1-5(2)6(11)3-8-7-10-9-4-12-7/h4-6,11H,3H2,1-2H3,(H,8,10). The van der Waals surface area contributed by atoms with Crippen molar-refractivity contribution in [3.63, 3.8) is 0 Å². The van der Waals surface area contributed by atoms with Crippen molar-refractivity contribution in [3.8, 4) is 0 Å². The van der Waals surface area contributed by atoms with Gasteiger partial charge in [-0.2, -0.15) is 0 Å². The lowest BCUT2D eigenvalue weighted by atomic mass is 10.1.